The minimum absolute atomic E-state index is 0.633. The molecule has 0 aliphatic carbocycles. The Hall–Kier alpha value is -3.24. The Morgan fingerprint density at radius 3 is 2.23 bits per heavy atom. The number of hydrogen-bond acceptors (Lipinski definition) is 4. The van der Waals surface area contributed by atoms with Crippen LogP contribution in [0.5, 0.6) is 11.5 Å². The minimum atomic E-state index is 0.633. The molecule has 0 aliphatic rings. The molecular formula is C25H22ClNO3. The van der Waals surface area contributed by atoms with Crippen LogP contribution >= 0.6 is 11.6 Å². The molecule has 0 spiro atoms. The molecule has 0 N–H and O–H groups in total. The van der Waals surface area contributed by atoms with Crippen LogP contribution in [0.1, 0.15) is 11.1 Å². The zero-order chi connectivity index (χ0) is 21.3. The van der Waals surface area contributed by atoms with Crippen molar-refractivity contribution in [1.29, 1.82) is 0 Å². The summed E-state index contributed by atoms with van der Waals surface area (Å²) in [6.07, 6.45) is 0. The number of halogens is 1. The van der Waals surface area contributed by atoms with Crippen molar-refractivity contribution in [3.8, 4) is 22.8 Å². The average molecular weight is 420 g/mol. The molecule has 0 radical (unpaired) electrons. The van der Waals surface area contributed by atoms with E-state index in [1.807, 2.05) is 42.5 Å². The van der Waals surface area contributed by atoms with Crippen LogP contribution in [0.2, 0.25) is 5.02 Å². The number of aryl methyl sites for hydroxylation is 2. The van der Waals surface area contributed by atoms with Crippen molar-refractivity contribution in [3.05, 3.63) is 82.2 Å². The fraction of sp³-hybridized carbons (Fsp3) is 0.160. The van der Waals surface area contributed by atoms with Gasteiger partial charge in [0.05, 0.1) is 25.3 Å². The second-order valence-electron chi connectivity index (χ2n) is 7.16. The molecule has 0 aliphatic heterocycles. The van der Waals surface area contributed by atoms with Gasteiger partial charge in [0, 0.05) is 22.0 Å². The van der Waals surface area contributed by atoms with E-state index in [1.165, 1.54) is 0 Å². The summed E-state index contributed by atoms with van der Waals surface area (Å²) in [5.41, 5.74) is 4.78. The molecule has 1 aromatic heterocycles. The summed E-state index contributed by atoms with van der Waals surface area (Å²) >= 11 is 6.26. The van der Waals surface area contributed by atoms with Crippen LogP contribution in [0.15, 0.2) is 70.1 Å². The molecule has 0 unspecified atom stereocenters. The lowest BCUT2D eigenvalue weighted by Crippen LogP contribution is -2.03. The van der Waals surface area contributed by atoms with Gasteiger partial charge in [-0.2, -0.15) is 0 Å². The van der Waals surface area contributed by atoms with Crippen LogP contribution in [0.4, 0.5) is 5.69 Å². The SMILES string of the molecule is COc1ccc(-c2cc(=Nc3cc(C)cc(C)c3)c3cc(Cl)ccc3o2)cc1OC. The van der Waals surface area contributed by atoms with Crippen molar-refractivity contribution in [2.45, 2.75) is 13.8 Å². The van der Waals surface area contributed by atoms with E-state index >= 15 is 0 Å². The zero-order valence-electron chi connectivity index (χ0n) is 17.3. The zero-order valence-corrected chi connectivity index (χ0v) is 18.1. The highest BCUT2D eigenvalue weighted by atomic mass is 35.5. The topological polar surface area (TPSA) is 44.0 Å². The summed E-state index contributed by atoms with van der Waals surface area (Å²) in [6.45, 7) is 4.13. The highest BCUT2D eigenvalue weighted by Gasteiger charge is 2.11. The number of methoxy groups -OCH3 is 2. The number of rotatable bonds is 4. The maximum Gasteiger partial charge on any atom is 0.161 e. The van der Waals surface area contributed by atoms with E-state index < -0.39 is 0 Å². The summed E-state index contributed by atoms with van der Waals surface area (Å²) in [6, 6.07) is 19.4. The third-order valence-corrected chi connectivity index (χ3v) is 5.06. The van der Waals surface area contributed by atoms with Crippen LogP contribution in [0.3, 0.4) is 0 Å². The number of ether oxygens (including phenoxy) is 2. The van der Waals surface area contributed by atoms with Crippen LogP contribution < -0.4 is 14.8 Å². The molecule has 0 amide bonds. The Morgan fingerprint density at radius 1 is 0.800 bits per heavy atom. The first-order chi connectivity index (χ1) is 14.5. The predicted molar refractivity (Wildman–Crippen MR) is 121 cm³/mol. The largest absolute Gasteiger partial charge is 0.493 e. The number of fused-ring (bicyclic) bond motifs is 1. The first kappa shape index (κ1) is 20.0. The molecule has 4 aromatic rings. The molecule has 4 nitrogen and oxygen atoms in total. The second kappa shape index (κ2) is 8.25. The summed E-state index contributed by atoms with van der Waals surface area (Å²) < 4.78 is 17.0. The maximum atomic E-state index is 6.26. The molecule has 0 saturated carbocycles. The van der Waals surface area contributed by atoms with Crippen LogP contribution in [-0.4, -0.2) is 14.2 Å². The van der Waals surface area contributed by atoms with Gasteiger partial charge < -0.3 is 13.9 Å². The molecule has 1 heterocycles. The van der Waals surface area contributed by atoms with Crippen LogP contribution in [0.25, 0.3) is 22.3 Å². The van der Waals surface area contributed by atoms with Gasteiger partial charge >= 0.3 is 0 Å². The van der Waals surface area contributed by atoms with E-state index in [2.05, 4.69) is 32.0 Å². The Labute approximate surface area is 180 Å². The molecule has 0 bridgehead atoms. The Morgan fingerprint density at radius 2 is 1.53 bits per heavy atom. The van der Waals surface area contributed by atoms with E-state index in [-0.39, 0.29) is 0 Å². The van der Waals surface area contributed by atoms with E-state index in [0.717, 1.165) is 33.1 Å². The van der Waals surface area contributed by atoms with Gasteiger partial charge in [-0.25, -0.2) is 4.99 Å². The fourth-order valence-electron chi connectivity index (χ4n) is 3.52. The molecular weight excluding hydrogens is 398 g/mol. The smallest absolute Gasteiger partial charge is 0.161 e. The first-order valence-corrected chi connectivity index (χ1v) is 9.93. The van der Waals surface area contributed by atoms with E-state index in [9.17, 15) is 0 Å². The van der Waals surface area contributed by atoms with Crippen molar-refractivity contribution < 1.29 is 13.9 Å². The Bertz CT molecular complexity index is 1290. The lowest BCUT2D eigenvalue weighted by molar-refractivity contribution is 0.355. The Balaban J connectivity index is 1.98. The average Bonchev–Trinajstić information content (AvgIpc) is 2.72. The molecule has 3 aromatic carbocycles. The third-order valence-electron chi connectivity index (χ3n) is 4.83. The van der Waals surface area contributed by atoms with Gasteiger partial charge in [0.15, 0.2) is 11.5 Å². The molecule has 0 fully saturated rings. The minimum Gasteiger partial charge on any atom is -0.493 e. The van der Waals surface area contributed by atoms with Crippen molar-refractivity contribution in [3.63, 3.8) is 0 Å². The molecule has 5 heteroatoms. The quantitative estimate of drug-likeness (QED) is 0.373. The van der Waals surface area contributed by atoms with Crippen molar-refractivity contribution in [1.82, 2.24) is 0 Å². The summed E-state index contributed by atoms with van der Waals surface area (Å²) in [7, 11) is 3.23. The molecule has 4 rings (SSSR count). The standard InChI is InChI=1S/C25H22ClNO3/c1-15-9-16(2)11-19(10-15)27-21-14-24(30-22-8-6-18(26)13-20(21)22)17-5-7-23(28-3)25(12-17)29-4/h5-14H,1-4H3. The first-order valence-electron chi connectivity index (χ1n) is 9.55. The van der Waals surface area contributed by atoms with Gasteiger partial charge in [-0.15, -0.1) is 0 Å². The van der Waals surface area contributed by atoms with Crippen LogP contribution in [0, 0.1) is 13.8 Å². The summed E-state index contributed by atoms with van der Waals surface area (Å²) in [5, 5.41) is 2.27. The molecule has 152 valence electrons. The molecule has 0 saturated heterocycles. The van der Waals surface area contributed by atoms with E-state index in [1.54, 1.807) is 14.2 Å². The molecule has 0 atom stereocenters. The number of benzene rings is 3. The second-order valence-corrected chi connectivity index (χ2v) is 7.60. The van der Waals surface area contributed by atoms with Gasteiger partial charge in [-0.1, -0.05) is 17.7 Å². The van der Waals surface area contributed by atoms with E-state index in [0.29, 0.717) is 27.9 Å². The van der Waals surface area contributed by atoms with Crippen molar-refractivity contribution in [2.75, 3.05) is 14.2 Å². The van der Waals surface area contributed by atoms with Gasteiger partial charge in [0.1, 0.15) is 11.3 Å². The normalized spacial score (nSPS) is 11.7. The number of hydrogen-bond donors (Lipinski definition) is 0. The monoisotopic (exact) mass is 419 g/mol. The lowest BCUT2D eigenvalue weighted by Gasteiger charge is -2.10. The van der Waals surface area contributed by atoms with Gasteiger partial charge in [-0.05, 0) is 73.5 Å². The van der Waals surface area contributed by atoms with E-state index in [4.69, 9.17) is 30.5 Å². The lowest BCUT2D eigenvalue weighted by atomic mass is 10.1. The van der Waals surface area contributed by atoms with Gasteiger partial charge in [-0.3, -0.25) is 0 Å². The fourth-order valence-corrected chi connectivity index (χ4v) is 3.69. The van der Waals surface area contributed by atoms with Crippen LogP contribution in [-0.2, 0) is 0 Å². The summed E-state index contributed by atoms with van der Waals surface area (Å²) in [4.78, 5) is 4.92. The number of nitrogens with zero attached hydrogens (tertiary/aromatic N) is 1. The highest BCUT2D eigenvalue weighted by Crippen LogP contribution is 2.33. The maximum absolute atomic E-state index is 6.26. The van der Waals surface area contributed by atoms with Gasteiger partial charge in [0.25, 0.3) is 0 Å². The van der Waals surface area contributed by atoms with Crippen molar-refractivity contribution >= 4 is 28.3 Å². The Kier molecular flexibility index (Phi) is 5.51. The third kappa shape index (κ3) is 4.05. The predicted octanol–water partition coefficient (Wildman–Crippen LogP) is 6.62. The molecule has 30 heavy (non-hydrogen) atoms. The summed E-state index contributed by atoms with van der Waals surface area (Å²) in [5.74, 6) is 1.97. The van der Waals surface area contributed by atoms with Gasteiger partial charge in [0.2, 0.25) is 0 Å². The highest BCUT2D eigenvalue weighted by molar-refractivity contribution is 6.31. The van der Waals surface area contributed by atoms with Crippen molar-refractivity contribution in [2.24, 2.45) is 4.99 Å².